The van der Waals surface area contributed by atoms with Gasteiger partial charge in [0.05, 0.1) is 0 Å². The highest BCUT2D eigenvalue weighted by Gasteiger charge is 2.37. The van der Waals surface area contributed by atoms with Crippen LogP contribution in [-0.2, 0) is 0 Å². The predicted molar refractivity (Wildman–Crippen MR) is 24.7 cm³/mol. The Morgan fingerprint density at radius 2 is 1.88 bits per heavy atom. The van der Waals surface area contributed by atoms with Crippen LogP contribution in [0.3, 0.4) is 0 Å². The number of rotatable bonds is 2. The predicted octanol–water partition coefficient (Wildman–Crippen LogP) is 2.28. The molecule has 50 valence electrons. The van der Waals surface area contributed by atoms with Crippen LogP contribution in [0, 0.1) is 0 Å². The lowest BCUT2D eigenvalue weighted by atomic mass is 10.4. The Bertz CT molecular complexity index is 71.7. The molecule has 5 heteroatoms. The van der Waals surface area contributed by atoms with Crippen molar-refractivity contribution in [3.05, 3.63) is 0 Å². The number of alkyl halides is 5. The molecule has 0 aromatic carbocycles. The lowest BCUT2D eigenvalue weighted by molar-refractivity contribution is 0.0180. The van der Waals surface area contributed by atoms with Crippen molar-refractivity contribution in [3.63, 3.8) is 0 Å². The SMILES string of the molecule is FCC(F)(Br)C(F)F. The van der Waals surface area contributed by atoms with Crippen molar-refractivity contribution in [1.82, 2.24) is 0 Å². The third-order valence-corrected chi connectivity index (χ3v) is 1.06. The van der Waals surface area contributed by atoms with Gasteiger partial charge in [-0.15, -0.1) is 0 Å². The Morgan fingerprint density at radius 1 is 1.50 bits per heavy atom. The van der Waals surface area contributed by atoms with Gasteiger partial charge in [-0.05, 0) is 15.9 Å². The molecule has 0 saturated carbocycles. The summed E-state index contributed by atoms with van der Waals surface area (Å²) in [6.45, 7) is -1.72. The normalized spacial score (nSPS) is 18.8. The van der Waals surface area contributed by atoms with Crippen LogP contribution in [0.5, 0.6) is 0 Å². The van der Waals surface area contributed by atoms with Crippen molar-refractivity contribution >= 4 is 15.9 Å². The van der Waals surface area contributed by atoms with Crippen LogP contribution < -0.4 is 0 Å². The summed E-state index contributed by atoms with van der Waals surface area (Å²) in [6.07, 6.45) is -3.31. The van der Waals surface area contributed by atoms with E-state index in [0.717, 1.165) is 0 Å². The van der Waals surface area contributed by atoms with Gasteiger partial charge in [0.2, 0.25) is 0 Å². The van der Waals surface area contributed by atoms with E-state index in [0.29, 0.717) is 0 Å². The highest BCUT2D eigenvalue weighted by atomic mass is 79.9. The van der Waals surface area contributed by atoms with E-state index in [9.17, 15) is 17.6 Å². The summed E-state index contributed by atoms with van der Waals surface area (Å²) in [5.41, 5.74) is 0. The van der Waals surface area contributed by atoms with Gasteiger partial charge in [-0.25, -0.2) is 17.6 Å². The molecule has 0 rings (SSSR count). The van der Waals surface area contributed by atoms with Crippen LogP contribution in [0.2, 0.25) is 0 Å². The molecule has 0 N–H and O–H groups in total. The van der Waals surface area contributed by atoms with Gasteiger partial charge < -0.3 is 0 Å². The largest absolute Gasteiger partial charge is 0.284 e. The van der Waals surface area contributed by atoms with E-state index in [2.05, 4.69) is 0 Å². The molecule has 0 aromatic rings. The zero-order valence-electron chi connectivity index (χ0n) is 3.67. The van der Waals surface area contributed by atoms with Crippen LogP contribution >= 0.6 is 15.9 Å². The molecule has 0 aliphatic carbocycles. The van der Waals surface area contributed by atoms with Gasteiger partial charge in [0.15, 0.2) is 0 Å². The molecule has 0 amide bonds. The highest BCUT2D eigenvalue weighted by molar-refractivity contribution is 9.10. The average Bonchev–Trinajstić information content (AvgIpc) is 1.67. The van der Waals surface area contributed by atoms with Crippen molar-refractivity contribution < 1.29 is 17.6 Å². The zero-order valence-corrected chi connectivity index (χ0v) is 5.26. The average molecular weight is 195 g/mol. The van der Waals surface area contributed by atoms with E-state index >= 15 is 0 Å². The first-order valence-electron chi connectivity index (χ1n) is 1.72. The summed E-state index contributed by atoms with van der Waals surface area (Å²) in [5, 5.41) is 0. The van der Waals surface area contributed by atoms with Gasteiger partial charge in [0.25, 0.3) is 11.0 Å². The number of halogens is 5. The Hall–Kier alpha value is 0.200. The fraction of sp³-hybridized carbons (Fsp3) is 1.00. The summed E-state index contributed by atoms with van der Waals surface area (Å²) in [6, 6.07) is 0. The standard InChI is InChI=1S/C3H3BrF4/c4-3(8,1-5)2(6)7/h2H,1H2. The number of hydrogen-bond donors (Lipinski definition) is 0. The maximum atomic E-state index is 11.7. The van der Waals surface area contributed by atoms with E-state index < -0.39 is 17.7 Å². The molecule has 0 saturated heterocycles. The topological polar surface area (TPSA) is 0 Å². The van der Waals surface area contributed by atoms with Crippen molar-refractivity contribution in [1.29, 1.82) is 0 Å². The Kier molecular flexibility index (Phi) is 2.73. The van der Waals surface area contributed by atoms with Crippen molar-refractivity contribution in [2.45, 2.75) is 11.0 Å². The molecule has 1 atom stereocenters. The molecular weight excluding hydrogens is 192 g/mol. The summed E-state index contributed by atoms with van der Waals surface area (Å²) >= 11 is 1.85. The van der Waals surface area contributed by atoms with Crippen LogP contribution in [0.1, 0.15) is 0 Å². The summed E-state index contributed by atoms with van der Waals surface area (Å²) in [5.74, 6) is 0. The first-order chi connectivity index (χ1) is 3.50. The first kappa shape index (κ1) is 8.20. The molecule has 0 fully saturated rings. The molecule has 1 unspecified atom stereocenters. The second kappa shape index (κ2) is 2.66. The lowest BCUT2D eigenvalue weighted by Crippen LogP contribution is -2.26. The van der Waals surface area contributed by atoms with E-state index in [1.54, 1.807) is 0 Å². The molecule has 8 heavy (non-hydrogen) atoms. The summed E-state index contributed by atoms with van der Waals surface area (Å²) < 4.78 is 42.0. The van der Waals surface area contributed by atoms with Crippen LogP contribution in [0.15, 0.2) is 0 Å². The van der Waals surface area contributed by atoms with Crippen LogP contribution in [-0.4, -0.2) is 17.7 Å². The van der Waals surface area contributed by atoms with E-state index in [1.807, 2.05) is 15.9 Å². The minimum atomic E-state index is -3.31. The smallest absolute Gasteiger partial charge is 0.246 e. The molecule has 0 aromatic heterocycles. The third-order valence-electron chi connectivity index (χ3n) is 0.497. The van der Waals surface area contributed by atoms with E-state index in [-0.39, 0.29) is 0 Å². The maximum absolute atomic E-state index is 11.7. The van der Waals surface area contributed by atoms with Crippen molar-refractivity contribution in [3.8, 4) is 0 Å². The zero-order chi connectivity index (χ0) is 6.78. The highest BCUT2D eigenvalue weighted by Crippen LogP contribution is 2.27. The first-order valence-corrected chi connectivity index (χ1v) is 2.52. The van der Waals surface area contributed by atoms with E-state index in [4.69, 9.17) is 0 Å². The quantitative estimate of drug-likeness (QED) is 0.468. The fourth-order valence-electron chi connectivity index (χ4n) is 0.0583. The summed E-state index contributed by atoms with van der Waals surface area (Å²) in [7, 11) is 0. The van der Waals surface area contributed by atoms with E-state index in [1.165, 1.54) is 0 Å². The molecule has 0 radical (unpaired) electrons. The Morgan fingerprint density at radius 3 is 1.88 bits per heavy atom. The van der Waals surface area contributed by atoms with Gasteiger partial charge in [-0.1, -0.05) is 0 Å². The molecule has 0 aliphatic rings. The van der Waals surface area contributed by atoms with Crippen LogP contribution in [0.4, 0.5) is 17.6 Å². The monoisotopic (exact) mass is 194 g/mol. The van der Waals surface area contributed by atoms with Gasteiger partial charge in [-0.2, -0.15) is 0 Å². The third kappa shape index (κ3) is 1.98. The van der Waals surface area contributed by atoms with Crippen molar-refractivity contribution in [2.75, 3.05) is 6.67 Å². The number of hydrogen-bond acceptors (Lipinski definition) is 0. The van der Waals surface area contributed by atoms with Crippen molar-refractivity contribution in [2.24, 2.45) is 0 Å². The maximum Gasteiger partial charge on any atom is 0.284 e. The Balaban J connectivity index is 3.71. The minimum absolute atomic E-state index is 1.72. The molecule has 0 spiro atoms. The molecule has 0 heterocycles. The van der Waals surface area contributed by atoms with Gasteiger partial charge in [-0.3, -0.25) is 0 Å². The Labute approximate surface area is 52.0 Å². The van der Waals surface area contributed by atoms with Crippen LogP contribution in [0.25, 0.3) is 0 Å². The molecule has 0 bridgehead atoms. The van der Waals surface area contributed by atoms with Gasteiger partial charge in [0.1, 0.15) is 6.67 Å². The van der Waals surface area contributed by atoms with Gasteiger partial charge >= 0.3 is 0 Å². The fourth-order valence-corrected chi connectivity index (χ4v) is 0.0583. The summed E-state index contributed by atoms with van der Waals surface area (Å²) in [4.78, 5) is 0. The van der Waals surface area contributed by atoms with Gasteiger partial charge in [0, 0.05) is 0 Å². The molecule has 0 aliphatic heterocycles. The molecule has 0 nitrogen and oxygen atoms in total. The minimum Gasteiger partial charge on any atom is -0.246 e. The second-order valence-corrected chi connectivity index (χ2v) is 2.51. The lowest BCUT2D eigenvalue weighted by Gasteiger charge is -2.10. The molecular formula is C3H3BrF4. The second-order valence-electron chi connectivity index (χ2n) is 1.20.